The number of rotatable bonds is 3. The van der Waals surface area contributed by atoms with E-state index >= 15 is 0 Å². The zero-order chi connectivity index (χ0) is 24.8. The number of likely N-dealkylation sites (N-methyl/N-ethyl adjacent to an activating group) is 1. The van der Waals surface area contributed by atoms with Gasteiger partial charge in [-0.25, -0.2) is 0 Å². The van der Waals surface area contributed by atoms with Gasteiger partial charge in [0.1, 0.15) is 6.10 Å². The number of fused-ring (bicyclic) bond motifs is 1. The third kappa shape index (κ3) is 3.05. The Hall–Kier alpha value is -2.32. The van der Waals surface area contributed by atoms with Crippen LogP contribution in [0.2, 0.25) is 0 Å². The molecule has 7 nitrogen and oxygen atoms in total. The van der Waals surface area contributed by atoms with Crippen molar-refractivity contribution < 1.29 is 19.7 Å². The lowest BCUT2D eigenvalue weighted by Crippen LogP contribution is -2.62. The molecule has 186 valence electrons. The minimum Gasteiger partial charge on any atom is -0.388 e. The van der Waals surface area contributed by atoms with Crippen molar-refractivity contribution in [3.05, 3.63) is 59.0 Å². The number of carbonyl (C=O) groups excluding carboxylic acids is 1. The number of hydrogen-bond donors (Lipinski definition) is 3. The summed E-state index contributed by atoms with van der Waals surface area (Å²) in [7, 11) is 3.89. The van der Waals surface area contributed by atoms with E-state index in [-0.39, 0.29) is 23.3 Å². The lowest BCUT2D eigenvalue weighted by molar-refractivity contribution is -0.163. The Morgan fingerprint density at radius 2 is 2.06 bits per heavy atom. The van der Waals surface area contributed by atoms with Crippen molar-refractivity contribution >= 4 is 11.6 Å². The predicted octanol–water partition coefficient (Wildman–Crippen LogP) is 2.89. The van der Waals surface area contributed by atoms with Crippen LogP contribution in [-0.2, 0) is 9.53 Å². The third-order valence-corrected chi connectivity index (χ3v) is 9.59. The van der Waals surface area contributed by atoms with Crippen LogP contribution in [0.5, 0.6) is 0 Å². The van der Waals surface area contributed by atoms with Crippen molar-refractivity contribution in [1.29, 1.82) is 0 Å². The fourth-order valence-corrected chi connectivity index (χ4v) is 7.66. The minimum atomic E-state index is -0.938. The van der Waals surface area contributed by atoms with Gasteiger partial charge in [-0.3, -0.25) is 9.78 Å². The summed E-state index contributed by atoms with van der Waals surface area (Å²) in [4.78, 5) is 19.8. The van der Waals surface area contributed by atoms with Gasteiger partial charge in [-0.1, -0.05) is 25.2 Å². The highest BCUT2D eigenvalue weighted by atomic mass is 16.5. The molecule has 7 unspecified atom stereocenters. The molecule has 6 rings (SSSR count). The number of anilines is 1. The fourth-order valence-electron chi connectivity index (χ4n) is 7.66. The van der Waals surface area contributed by atoms with E-state index in [1.807, 2.05) is 38.1 Å². The largest absolute Gasteiger partial charge is 0.388 e. The number of nitrogens with one attached hydrogen (secondary N) is 1. The van der Waals surface area contributed by atoms with Gasteiger partial charge >= 0.3 is 0 Å². The van der Waals surface area contributed by atoms with Crippen LogP contribution in [-0.4, -0.2) is 69.6 Å². The van der Waals surface area contributed by atoms with E-state index in [9.17, 15) is 15.0 Å². The van der Waals surface area contributed by atoms with Gasteiger partial charge in [-0.2, -0.15) is 0 Å². The maximum atomic E-state index is 13.5. The molecule has 2 spiro atoms. The Morgan fingerprint density at radius 3 is 2.80 bits per heavy atom. The Labute approximate surface area is 206 Å². The molecule has 1 saturated carbocycles. The van der Waals surface area contributed by atoms with Gasteiger partial charge in [0.2, 0.25) is 0 Å². The molecule has 0 radical (unpaired) electrons. The molecule has 3 heterocycles. The molecule has 2 fully saturated rings. The zero-order valence-electron chi connectivity index (χ0n) is 20.9. The lowest BCUT2D eigenvalue weighted by Gasteiger charge is -2.55. The molecule has 1 aromatic rings. The van der Waals surface area contributed by atoms with Crippen LogP contribution >= 0.6 is 0 Å². The highest BCUT2D eigenvalue weighted by molar-refractivity contribution is 6.05. The number of pyridine rings is 1. The van der Waals surface area contributed by atoms with Crippen molar-refractivity contribution in [3.63, 3.8) is 0 Å². The molecule has 1 aromatic heterocycles. The molecule has 2 aliphatic heterocycles. The predicted molar refractivity (Wildman–Crippen MR) is 133 cm³/mol. The number of carbonyl (C=O) groups is 1. The van der Waals surface area contributed by atoms with Crippen LogP contribution in [0.15, 0.2) is 53.3 Å². The van der Waals surface area contributed by atoms with E-state index < -0.39 is 23.4 Å². The first kappa shape index (κ1) is 23.1. The van der Waals surface area contributed by atoms with Crippen molar-refractivity contribution in [2.75, 3.05) is 19.4 Å². The molecule has 1 saturated heterocycles. The average molecular weight is 478 g/mol. The number of allylic oxidation sites excluding steroid dienone is 2. The van der Waals surface area contributed by atoms with Crippen LogP contribution in [0.25, 0.3) is 0 Å². The molecule has 2 bridgehead atoms. The summed E-state index contributed by atoms with van der Waals surface area (Å²) < 4.78 is 7.11. The monoisotopic (exact) mass is 477 g/mol. The maximum Gasteiger partial charge on any atom is 0.251 e. The summed E-state index contributed by atoms with van der Waals surface area (Å²) in [6, 6.07) is 3.54. The highest BCUT2D eigenvalue weighted by Gasteiger charge is 2.67. The Bertz CT molecular complexity index is 1190. The average Bonchev–Trinajstić information content (AvgIpc) is 3.34. The zero-order valence-corrected chi connectivity index (χ0v) is 20.9. The van der Waals surface area contributed by atoms with Crippen LogP contribution in [0.1, 0.15) is 44.7 Å². The van der Waals surface area contributed by atoms with Crippen molar-refractivity contribution in [3.8, 4) is 0 Å². The van der Waals surface area contributed by atoms with Crippen LogP contribution in [0.3, 0.4) is 0 Å². The summed E-state index contributed by atoms with van der Waals surface area (Å²) >= 11 is 0. The molecule has 35 heavy (non-hydrogen) atoms. The number of aliphatic hydroxyl groups is 2. The second-order valence-corrected chi connectivity index (χ2v) is 11.5. The molecule has 5 aliphatic rings. The Kier molecular flexibility index (Phi) is 5.01. The third-order valence-electron chi connectivity index (χ3n) is 9.59. The summed E-state index contributed by atoms with van der Waals surface area (Å²) in [6.45, 7) is 4.09. The lowest BCUT2D eigenvalue weighted by atomic mass is 9.59. The summed E-state index contributed by atoms with van der Waals surface area (Å²) in [5.41, 5.74) is 2.90. The molecular formula is C28H35N3O4. The molecular weight excluding hydrogens is 442 g/mol. The van der Waals surface area contributed by atoms with Gasteiger partial charge in [0, 0.05) is 29.1 Å². The van der Waals surface area contributed by atoms with Gasteiger partial charge in [0.05, 0.1) is 28.7 Å². The van der Waals surface area contributed by atoms with Crippen LogP contribution in [0, 0.1) is 18.3 Å². The number of hydrogen-bond acceptors (Lipinski definition) is 6. The smallest absolute Gasteiger partial charge is 0.251 e. The number of aryl methyl sites for hydroxylation is 1. The molecule has 3 N–H and O–H groups in total. The van der Waals surface area contributed by atoms with E-state index in [0.29, 0.717) is 6.42 Å². The van der Waals surface area contributed by atoms with Crippen LogP contribution < -0.4 is 5.32 Å². The van der Waals surface area contributed by atoms with E-state index in [4.69, 9.17) is 4.74 Å². The SMILES string of the molecule is Cc1ncccc1NC(=O)C1=CCC2C1(C)CC=C1C=C3C(O)C(O)C(N(C)C)CC34CCC12O4. The maximum absolute atomic E-state index is 13.5. The molecule has 7 heteroatoms. The number of nitrogens with zero attached hydrogens (tertiary/aromatic N) is 2. The second-order valence-electron chi connectivity index (χ2n) is 11.5. The number of amides is 1. The second kappa shape index (κ2) is 7.59. The van der Waals surface area contributed by atoms with Crippen molar-refractivity contribution in [2.24, 2.45) is 11.3 Å². The summed E-state index contributed by atoms with van der Waals surface area (Å²) in [6.07, 6.45) is 10.2. The van der Waals surface area contributed by atoms with Gasteiger partial charge in [-0.05, 0) is 76.4 Å². The van der Waals surface area contributed by atoms with Crippen molar-refractivity contribution in [2.45, 2.75) is 75.4 Å². The Balaban J connectivity index is 1.34. The number of ether oxygens (including phenoxy) is 1. The normalized spacial score (nSPS) is 41.4. The van der Waals surface area contributed by atoms with Gasteiger partial charge in [-0.15, -0.1) is 0 Å². The Morgan fingerprint density at radius 1 is 1.26 bits per heavy atom. The first-order chi connectivity index (χ1) is 16.6. The minimum absolute atomic E-state index is 0.0667. The standard InChI is InChI=1S/C28H35N3O4/c1-16-20(6-5-13-29-16)30-25(34)18-7-8-22-26(18,2)10-9-17-14-19-23(32)24(33)21(31(3)4)15-27(19)11-12-28(17,22)35-27/h5-7,9,13-14,21-24,32-33H,8,10-12,15H2,1-4H3,(H,30,34). The number of aromatic nitrogens is 1. The van der Waals surface area contributed by atoms with Gasteiger partial charge in [0.25, 0.3) is 5.91 Å². The van der Waals surface area contributed by atoms with E-state index in [1.54, 1.807) is 6.20 Å². The molecule has 1 amide bonds. The van der Waals surface area contributed by atoms with Crippen LogP contribution in [0.4, 0.5) is 5.69 Å². The van der Waals surface area contributed by atoms with Gasteiger partial charge in [0.15, 0.2) is 0 Å². The van der Waals surface area contributed by atoms with Gasteiger partial charge < -0.3 is 25.2 Å². The summed E-state index contributed by atoms with van der Waals surface area (Å²) in [5.74, 6) is 0.0766. The van der Waals surface area contributed by atoms with E-state index in [1.165, 1.54) is 0 Å². The van der Waals surface area contributed by atoms with E-state index in [2.05, 4.69) is 35.5 Å². The fraction of sp³-hybridized carbons (Fsp3) is 0.571. The summed E-state index contributed by atoms with van der Waals surface area (Å²) in [5, 5.41) is 25.0. The van der Waals surface area contributed by atoms with E-state index in [0.717, 1.165) is 53.8 Å². The highest BCUT2D eigenvalue weighted by Crippen LogP contribution is 2.66. The first-order valence-electron chi connectivity index (χ1n) is 12.7. The quantitative estimate of drug-likeness (QED) is 0.620. The molecule has 3 aliphatic carbocycles. The number of aliphatic hydroxyl groups excluding tert-OH is 2. The molecule has 7 atom stereocenters. The molecule has 0 aromatic carbocycles. The van der Waals surface area contributed by atoms with Crippen molar-refractivity contribution in [1.82, 2.24) is 9.88 Å². The topological polar surface area (TPSA) is 94.9 Å². The first-order valence-corrected chi connectivity index (χ1v) is 12.7.